The van der Waals surface area contributed by atoms with Gasteiger partial charge in [-0.25, -0.2) is 9.59 Å². The summed E-state index contributed by atoms with van der Waals surface area (Å²) >= 11 is 0. The van der Waals surface area contributed by atoms with E-state index in [1.54, 1.807) is 25.7 Å². The number of esters is 1. The molecule has 3 saturated heterocycles. The van der Waals surface area contributed by atoms with Crippen molar-refractivity contribution in [1.82, 2.24) is 25.3 Å². The van der Waals surface area contributed by atoms with Crippen molar-refractivity contribution in [3.63, 3.8) is 0 Å². The number of piperidine rings is 1. The van der Waals surface area contributed by atoms with Crippen LogP contribution in [0.15, 0.2) is 0 Å². The van der Waals surface area contributed by atoms with Crippen LogP contribution in [-0.2, 0) is 19.0 Å². The SMILES string of the molecule is COC(=O)CN1CCN(CC2CN(C(C(=N)NC(=O)OC(C)(C)C)C3CCNCC3)C(=O)O2)CC1. The zero-order chi connectivity index (χ0) is 25.6. The van der Waals surface area contributed by atoms with E-state index in [0.29, 0.717) is 13.1 Å². The van der Waals surface area contributed by atoms with E-state index in [2.05, 4.69) is 15.5 Å². The van der Waals surface area contributed by atoms with Crippen molar-refractivity contribution in [3.05, 3.63) is 0 Å². The molecule has 3 fully saturated rings. The van der Waals surface area contributed by atoms with Crippen LogP contribution in [0.5, 0.6) is 0 Å². The highest BCUT2D eigenvalue weighted by Gasteiger charge is 2.43. The molecule has 0 radical (unpaired) electrons. The molecule has 3 heterocycles. The molecule has 0 bridgehead atoms. The summed E-state index contributed by atoms with van der Waals surface area (Å²) in [5.41, 5.74) is -0.687. The van der Waals surface area contributed by atoms with Gasteiger partial charge in [0.25, 0.3) is 0 Å². The molecule has 3 aliphatic rings. The Bertz CT molecular complexity index is 773. The Morgan fingerprint density at radius 3 is 2.40 bits per heavy atom. The van der Waals surface area contributed by atoms with Gasteiger partial charge >= 0.3 is 18.2 Å². The van der Waals surface area contributed by atoms with Gasteiger partial charge in [0.15, 0.2) is 0 Å². The van der Waals surface area contributed by atoms with Crippen LogP contribution in [0.2, 0.25) is 0 Å². The normalized spacial score (nSPS) is 23.5. The third kappa shape index (κ3) is 8.04. The van der Waals surface area contributed by atoms with Crippen LogP contribution >= 0.6 is 0 Å². The molecule has 0 spiro atoms. The number of ether oxygens (including phenoxy) is 3. The van der Waals surface area contributed by atoms with Gasteiger partial charge in [-0.3, -0.25) is 30.2 Å². The predicted octanol–water partition coefficient (Wildman–Crippen LogP) is 0.468. The monoisotopic (exact) mass is 496 g/mol. The maximum absolute atomic E-state index is 12.9. The van der Waals surface area contributed by atoms with E-state index in [4.69, 9.17) is 19.6 Å². The van der Waals surface area contributed by atoms with Crippen LogP contribution in [-0.4, -0.2) is 122 Å². The van der Waals surface area contributed by atoms with Crippen LogP contribution in [0.4, 0.5) is 9.59 Å². The Balaban J connectivity index is 1.59. The maximum atomic E-state index is 12.9. The Morgan fingerprint density at radius 1 is 1.17 bits per heavy atom. The van der Waals surface area contributed by atoms with E-state index in [1.807, 2.05) is 4.90 Å². The summed E-state index contributed by atoms with van der Waals surface area (Å²) in [5, 5.41) is 14.5. The fourth-order valence-electron chi connectivity index (χ4n) is 4.82. The molecule has 2 amide bonds. The number of methoxy groups -OCH3 is 1. The van der Waals surface area contributed by atoms with Crippen LogP contribution in [0.1, 0.15) is 33.6 Å². The molecule has 12 nitrogen and oxygen atoms in total. The number of hydrogen-bond acceptors (Lipinski definition) is 10. The van der Waals surface area contributed by atoms with E-state index in [1.165, 1.54) is 7.11 Å². The average Bonchev–Trinajstić information content (AvgIpc) is 3.14. The van der Waals surface area contributed by atoms with Gasteiger partial charge < -0.3 is 19.5 Å². The first kappa shape index (κ1) is 27.2. The summed E-state index contributed by atoms with van der Waals surface area (Å²) in [6.07, 6.45) is 0.0985. The molecule has 3 N–H and O–H groups in total. The second-order valence-electron chi connectivity index (χ2n) is 10.4. The summed E-state index contributed by atoms with van der Waals surface area (Å²) < 4.78 is 15.8. The highest BCUT2D eigenvalue weighted by atomic mass is 16.6. The van der Waals surface area contributed by atoms with Crippen molar-refractivity contribution >= 4 is 24.0 Å². The average molecular weight is 497 g/mol. The first-order valence-corrected chi connectivity index (χ1v) is 12.3. The molecule has 12 heteroatoms. The summed E-state index contributed by atoms with van der Waals surface area (Å²) in [7, 11) is 1.39. The second kappa shape index (κ2) is 12.0. The number of cyclic esters (lactones) is 1. The molecule has 3 aliphatic heterocycles. The topological polar surface area (TPSA) is 137 Å². The zero-order valence-corrected chi connectivity index (χ0v) is 21.3. The molecule has 2 atom stereocenters. The summed E-state index contributed by atoms with van der Waals surface area (Å²) in [4.78, 5) is 42.6. The molecule has 0 saturated carbocycles. The minimum absolute atomic E-state index is 0.0341. The van der Waals surface area contributed by atoms with E-state index in [9.17, 15) is 14.4 Å². The van der Waals surface area contributed by atoms with Crippen LogP contribution in [0, 0.1) is 11.3 Å². The smallest absolute Gasteiger partial charge is 0.413 e. The van der Waals surface area contributed by atoms with Crippen molar-refractivity contribution in [2.75, 3.05) is 66.0 Å². The van der Waals surface area contributed by atoms with Gasteiger partial charge in [-0.2, -0.15) is 0 Å². The van der Waals surface area contributed by atoms with E-state index in [-0.39, 0.29) is 30.4 Å². The van der Waals surface area contributed by atoms with Gasteiger partial charge in [0.1, 0.15) is 17.5 Å². The summed E-state index contributed by atoms with van der Waals surface area (Å²) in [6.45, 7) is 11.1. The van der Waals surface area contributed by atoms with Crippen LogP contribution in [0.25, 0.3) is 0 Å². The Labute approximate surface area is 207 Å². The lowest BCUT2D eigenvalue weighted by Gasteiger charge is -2.36. The molecule has 0 aromatic heterocycles. The third-order valence-corrected chi connectivity index (χ3v) is 6.51. The predicted molar refractivity (Wildman–Crippen MR) is 128 cm³/mol. The van der Waals surface area contributed by atoms with Crippen molar-refractivity contribution in [1.29, 1.82) is 5.41 Å². The Hall–Kier alpha value is -2.44. The van der Waals surface area contributed by atoms with Gasteiger partial charge in [-0.15, -0.1) is 0 Å². The summed E-state index contributed by atoms with van der Waals surface area (Å²) in [5.74, 6) is -0.253. The molecule has 0 aromatic rings. The number of carbonyl (C=O) groups is 3. The van der Waals surface area contributed by atoms with Gasteiger partial charge in [0, 0.05) is 32.7 Å². The van der Waals surface area contributed by atoms with Crippen molar-refractivity contribution < 1.29 is 28.6 Å². The minimum atomic E-state index is -0.699. The molecule has 35 heavy (non-hydrogen) atoms. The van der Waals surface area contributed by atoms with E-state index in [0.717, 1.165) is 52.1 Å². The number of hydrogen-bond donors (Lipinski definition) is 3. The van der Waals surface area contributed by atoms with Gasteiger partial charge in [0.05, 0.1) is 26.2 Å². The van der Waals surface area contributed by atoms with Gasteiger partial charge in [-0.05, 0) is 52.6 Å². The van der Waals surface area contributed by atoms with Crippen LogP contribution < -0.4 is 10.6 Å². The minimum Gasteiger partial charge on any atom is -0.468 e. The van der Waals surface area contributed by atoms with E-state index < -0.39 is 23.8 Å². The number of amidine groups is 1. The van der Waals surface area contributed by atoms with Gasteiger partial charge in [0.2, 0.25) is 0 Å². The molecular formula is C23H40N6O6. The highest BCUT2D eigenvalue weighted by Crippen LogP contribution is 2.26. The first-order chi connectivity index (χ1) is 16.6. The largest absolute Gasteiger partial charge is 0.468 e. The lowest BCUT2D eigenvalue weighted by Crippen LogP contribution is -2.55. The fourth-order valence-corrected chi connectivity index (χ4v) is 4.82. The number of nitrogens with zero attached hydrogens (tertiary/aromatic N) is 3. The zero-order valence-electron chi connectivity index (χ0n) is 21.3. The first-order valence-electron chi connectivity index (χ1n) is 12.3. The van der Waals surface area contributed by atoms with Crippen molar-refractivity contribution in [2.45, 2.75) is 51.4 Å². The van der Waals surface area contributed by atoms with Crippen molar-refractivity contribution in [3.8, 4) is 0 Å². The quantitative estimate of drug-likeness (QED) is 0.199. The Morgan fingerprint density at radius 2 is 1.80 bits per heavy atom. The maximum Gasteiger partial charge on any atom is 0.413 e. The van der Waals surface area contributed by atoms with Crippen molar-refractivity contribution in [2.24, 2.45) is 5.92 Å². The fraction of sp³-hybridized carbons (Fsp3) is 0.826. The number of nitrogens with one attached hydrogen (secondary N) is 3. The standard InChI is InChI=1S/C23H40N6O6/c1-23(2,3)35-21(31)26-20(24)19(16-5-7-25-8-6-16)29-14-17(34-22(29)32)13-27-9-11-28(12-10-27)15-18(30)33-4/h16-17,19,25H,5-15H2,1-4H3,(H2,24,26,31). The molecule has 2 unspecified atom stereocenters. The Kier molecular flexibility index (Phi) is 9.31. The molecular weight excluding hydrogens is 456 g/mol. The summed E-state index contributed by atoms with van der Waals surface area (Å²) in [6, 6.07) is -0.584. The molecule has 0 aromatic carbocycles. The number of piperazine rings is 1. The lowest BCUT2D eigenvalue weighted by atomic mass is 9.88. The number of rotatable bonds is 7. The highest BCUT2D eigenvalue weighted by molar-refractivity contribution is 5.98. The second-order valence-corrected chi connectivity index (χ2v) is 10.4. The number of carbonyl (C=O) groups excluding carboxylic acids is 3. The van der Waals surface area contributed by atoms with Crippen LogP contribution in [0.3, 0.4) is 0 Å². The number of alkyl carbamates (subject to hydrolysis) is 1. The molecule has 198 valence electrons. The third-order valence-electron chi connectivity index (χ3n) is 6.51. The number of amides is 2. The molecule has 3 rings (SSSR count). The lowest BCUT2D eigenvalue weighted by molar-refractivity contribution is -0.142. The molecule has 0 aliphatic carbocycles. The van der Waals surface area contributed by atoms with Gasteiger partial charge in [-0.1, -0.05) is 0 Å². The van der Waals surface area contributed by atoms with E-state index >= 15 is 0 Å².